The SMILES string of the molecule is COc1cccc(Oc2cc(N3CCN(CC4=C(c5ccc(Cl)cc5)CC(C)(C)CC4)CC3)ccc2C(=O)O)c1. The number of allylic oxidation sites excluding steroid dienone is 1. The smallest absolute Gasteiger partial charge is 0.339 e. The lowest BCUT2D eigenvalue weighted by molar-refractivity contribution is 0.0694. The van der Waals surface area contributed by atoms with Crippen LogP contribution in [-0.4, -0.2) is 55.8 Å². The van der Waals surface area contributed by atoms with E-state index in [1.54, 1.807) is 25.3 Å². The summed E-state index contributed by atoms with van der Waals surface area (Å²) in [4.78, 5) is 16.8. The minimum Gasteiger partial charge on any atom is -0.497 e. The predicted octanol–water partition coefficient (Wildman–Crippen LogP) is 7.63. The number of carbonyl (C=O) groups is 1. The van der Waals surface area contributed by atoms with Gasteiger partial charge in [-0.05, 0) is 72.2 Å². The second-order valence-corrected chi connectivity index (χ2v) is 11.9. The standard InChI is InChI=1S/C33H37ClN2O4/c1-33(2)14-13-24(30(21-33)23-7-9-25(34)10-8-23)22-35-15-17-36(18-16-35)26-11-12-29(32(37)38)31(19-26)40-28-6-4-5-27(20-28)39-3/h4-12,19-20H,13-18,21-22H2,1-3H3,(H,37,38). The molecule has 1 aliphatic heterocycles. The first kappa shape index (κ1) is 28.1. The maximum absolute atomic E-state index is 11.9. The molecule has 6 nitrogen and oxygen atoms in total. The van der Waals surface area contributed by atoms with Gasteiger partial charge >= 0.3 is 5.97 Å². The van der Waals surface area contributed by atoms with E-state index in [1.807, 2.05) is 36.4 Å². The quantitative estimate of drug-likeness (QED) is 0.306. The van der Waals surface area contributed by atoms with Gasteiger partial charge < -0.3 is 19.5 Å². The molecule has 1 fully saturated rings. The molecule has 0 aromatic heterocycles. The minimum atomic E-state index is -1.02. The van der Waals surface area contributed by atoms with Crippen LogP contribution in [0, 0.1) is 5.41 Å². The summed E-state index contributed by atoms with van der Waals surface area (Å²) in [6.07, 6.45) is 3.40. The monoisotopic (exact) mass is 560 g/mol. The van der Waals surface area contributed by atoms with Gasteiger partial charge in [-0.15, -0.1) is 0 Å². The lowest BCUT2D eigenvalue weighted by Crippen LogP contribution is -2.47. The predicted molar refractivity (Wildman–Crippen MR) is 161 cm³/mol. The Morgan fingerprint density at radius 3 is 2.40 bits per heavy atom. The number of methoxy groups -OCH3 is 1. The summed E-state index contributed by atoms with van der Waals surface area (Å²) in [5, 5.41) is 10.5. The highest BCUT2D eigenvalue weighted by Gasteiger charge is 2.29. The zero-order valence-corrected chi connectivity index (χ0v) is 24.2. The fourth-order valence-corrected chi connectivity index (χ4v) is 5.78. The van der Waals surface area contributed by atoms with E-state index in [2.05, 4.69) is 35.8 Å². The molecule has 3 aromatic carbocycles. The first-order valence-electron chi connectivity index (χ1n) is 13.8. The van der Waals surface area contributed by atoms with Crippen LogP contribution in [0.5, 0.6) is 17.2 Å². The van der Waals surface area contributed by atoms with E-state index >= 15 is 0 Å². The van der Waals surface area contributed by atoms with E-state index in [0.717, 1.165) is 56.3 Å². The number of ether oxygens (including phenoxy) is 2. The van der Waals surface area contributed by atoms with Crippen LogP contribution >= 0.6 is 11.6 Å². The number of benzene rings is 3. The van der Waals surface area contributed by atoms with Crippen molar-refractivity contribution in [2.75, 3.05) is 44.7 Å². The summed E-state index contributed by atoms with van der Waals surface area (Å²) in [6.45, 7) is 9.30. The van der Waals surface area contributed by atoms with Crippen LogP contribution in [0.25, 0.3) is 5.57 Å². The molecule has 1 aliphatic carbocycles. The fourth-order valence-electron chi connectivity index (χ4n) is 5.66. The zero-order chi connectivity index (χ0) is 28.3. The summed E-state index contributed by atoms with van der Waals surface area (Å²) < 4.78 is 11.3. The minimum absolute atomic E-state index is 0.132. The Kier molecular flexibility index (Phi) is 8.38. The number of piperazine rings is 1. The van der Waals surface area contributed by atoms with Gasteiger partial charge in [-0.3, -0.25) is 4.90 Å². The number of carboxylic acid groups (broad SMARTS) is 1. The summed E-state index contributed by atoms with van der Waals surface area (Å²) >= 11 is 6.18. The third-order valence-corrected chi connectivity index (χ3v) is 8.25. The molecule has 0 atom stereocenters. The van der Waals surface area contributed by atoms with Gasteiger partial charge in [0, 0.05) is 55.6 Å². The Bertz CT molecular complexity index is 1390. The highest BCUT2D eigenvalue weighted by atomic mass is 35.5. The number of hydrogen-bond acceptors (Lipinski definition) is 5. The molecule has 3 aromatic rings. The average molecular weight is 561 g/mol. The van der Waals surface area contributed by atoms with Crippen molar-refractivity contribution in [1.29, 1.82) is 0 Å². The molecule has 210 valence electrons. The Morgan fingerprint density at radius 1 is 0.975 bits per heavy atom. The molecule has 0 saturated carbocycles. The van der Waals surface area contributed by atoms with Crippen molar-refractivity contribution < 1.29 is 19.4 Å². The van der Waals surface area contributed by atoms with Crippen LogP contribution < -0.4 is 14.4 Å². The van der Waals surface area contributed by atoms with Crippen molar-refractivity contribution in [2.45, 2.75) is 33.1 Å². The third kappa shape index (κ3) is 6.62. The first-order valence-corrected chi connectivity index (χ1v) is 14.2. The summed E-state index contributed by atoms with van der Waals surface area (Å²) in [7, 11) is 1.59. The molecule has 7 heteroatoms. The van der Waals surface area contributed by atoms with Crippen molar-refractivity contribution >= 4 is 28.8 Å². The maximum atomic E-state index is 11.9. The van der Waals surface area contributed by atoms with Crippen LogP contribution in [0.3, 0.4) is 0 Å². The molecule has 0 unspecified atom stereocenters. The molecule has 1 saturated heterocycles. The molecular weight excluding hydrogens is 524 g/mol. The molecular formula is C33H37ClN2O4. The number of rotatable bonds is 8. The largest absolute Gasteiger partial charge is 0.497 e. The number of nitrogens with zero attached hydrogens (tertiary/aromatic N) is 2. The number of hydrogen-bond donors (Lipinski definition) is 1. The van der Waals surface area contributed by atoms with E-state index < -0.39 is 5.97 Å². The summed E-state index contributed by atoms with van der Waals surface area (Å²) in [5.41, 5.74) is 5.68. The van der Waals surface area contributed by atoms with Crippen LogP contribution in [0.2, 0.25) is 5.02 Å². The molecule has 0 spiro atoms. The zero-order valence-electron chi connectivity index (χ0n) is 23.5. The van der Waals surface area contributed by atoms with E-state index in [4.69, 9.17) is 21.1 Å². The van der Waals surface area contributed by atoms with Gasteiger partial charge in [0.25, 0.3) is 0 Å². The van der Waals surface area contributed by atoms with Crippen LogP contribution in [0.1, 0.15) is 49.0 Å². The first-order chi connectivity index (χ1) is 19.2. The van der Waals surface area contributed by atoms with E-state index in [0.29, 0.717) is 22.7 Å². The van der Waals surface area contributed by atoms with Crippen LogP contribution in [0.4, 0.5) is 5.69 Å². The van der Waals surface area contributed by atoms with E-state index in [9.17, 15) is 9.90 Å². The van der Waals surface area contributed by atoms with Crippen molar-refractivity contribution in [3.8, 4) is 17.2 Å². The Labute approximate surface area is 241 Å². The normalized spacial score (nSPS) is 17.6. The van der Waals surface area contributed by atoms with Gasteiger partial charge in [-0.25, -0.2) is 4.79 Å². The maximum Gasteiger partial charge on any atom is 0.339 e. The second kappa shape index (κ2) is 11.9. The number of carboxylic acids is 1. The molecule has 40 heavy (non-hydrogen) atoms. The van der Waals surface area contributed by atoms with Crippen molar-refractivity contribution in [3.05, 3.63) is 88.5 Å². The third-order valence-electron chi connectivity index (χ3n) is 7.99. The Morgan fingerprint density at radius 2 is 1.70 bits per heavy atom. The van der Waals surface area contributed by atoms with Gasteiger partial charge in [0.05, 0.1) is 7.11 Å². The molecule has 1 N–H and O–H groups in total. The number of halogens is 1. The second-order valence-electron chi connectivity index (χ2n) is 11.5. The lowest BCUT2D eigenvalue weighted by Gasteiger charge is -2.39. The van der Waals surface area contributed by atoms with Crippen molar-refractivity contribution in [3.63, 3.8) is 0 Å². The van der Waals surface area contributed by atoms with Gasteiger partial charge in [-0.2, -0.15) is 0 Å². The molecule has 0 amide bonds. The van der Waals surface area contributed by atoms with Gasteiger partial charge in [0.15, 0.2) is 0 Å². The highest BCUT2D eigenvalue weighted by Crippen LogP contribution is 2.43. The van der Waals surface area contributed by atoms with Crippen LogP contribution in [-0.2, 0) is 0 Å². The summed E-state index contributed by atoms with van der Waals surface area (Å²) in [5.74, 6) is 0.486. The van der Waals surface area contributed by atoms with Crippen molar-refractivity contribution in [2.24, 2.45) is 5.41 Å². The number of aromatic carboxylic acids is 1. The number of anilines is 1. The molecule has 5 rings (SSSR count). The van der Waals surface area contributed by atoms with E-state index in [1.165, 1.54) is 23.1 Å². The Hall–Kier alpha value is -3.48. The molecule has 0 bridgehead atoms. The van der Waals surface area contributed by atoms with E-state index in [-0.39, 0.29) is 5.56 Å². The molecule has 0 radical (unpaired) electrons. The van der Waals surface area contributed by atoms with Crippen LogP contribution in [0.15, 0.2) is 72.3 Å². The lowest BCUT2D eigenvalue weighted by atomic mass is 9.72. The van der Waals surface area contributed by atoms with Gasteiger partial charge in [0.2, 0.25) is 0 Å². The molecule has 2 aliphatic rings. The van der Waals surface area contributed by atoms with Gasteiger partial charge in [-0.1, -0.05) is 49.2 Å². The average Bonchev–Trinajstić information content (AvgIpc) is 2.94. The molecule has 1 heterocycles. The summed E-state index contributed by atoms with van der Waals surface area (Å²) in [6, 6.07) is 20.8. The Balaban J connectivity index is 1.29. The topological polar surface area (TPSA) is 62.2 Å². The van der Waals surface area contributed by atoms with Gasteiger partial charge in [0.1, 0.15) is 22.8 Å². The highest BCUT2D eigenvalue weighted by molar-refractivity contribution is 6.30. The fraction of sp³-hybridized carbons (Fsp3) is 0.364. The van der Waals surface area contributed by atoms with Crippen molar-refractivity contribution in [1.82, 2.24) is 4.90 Å².